The zero-order chi connectivity index (χ0) is 23.4. The van der Waals surface area contributed by atoms with Gasteiger partial charge in [-0.2, -0.15) is 0 Å². The zero-order valence-corrected chi connectivity index (χ0v) is 19.2. The molecule has 1 saturated heterocycles. The summed E-state index contributed by atoms with van der Waals surface area (Å²) < 4.78 is 1.05. The molecule has 3 amide bonds. The fourth-order valence-corrected chi connectivity index (χ4v) is 4.55. The van der Waals surface area contributed by atoms with Crippen LogP contribution < -0.4 is 20.9 Å². The second-order valence-electron chi connectivity index (χ2n) is 7.93. The van der Waals surface area contributed by atoms with Crippen molar-refractivity contribution < 1.29 is 14.4 Å². The molecule has 2 aromatic heterocycles. The minimum absolute atomic E-state index is 0.143. The monoisotopic (exact) mass is 453 g/mol. The van der Waals surface area contributed by atoms with Crippen LogP contribution in [0.2, 0.25) is 0 Å². The van der Waals surface area contributed by atoms with Crippen LogP contribution >= 0.6 is 11.3 Å². The maximum absolute atomic E-state index is 13.1. The number of nitrogens with one attached hydrogen (secondary N) is 1. The van der Waals surface area contributed by atoms with E-state index in [1.807, 2.05) is 26.0 Å². The van der Waals surface area contributed by atoms with Crippen molar-refractivity contribution in [1.29, 1.82) is 0 Å². The molecule has 0 unspecified atom stereocenters. The number of rotatable bonds is 4. The van der Waals surface area contributed by atoms with E-state index in [-0.39, 0.29) is 23.2 Å². The maximum Gasteiger partial charge on any atom is 0.313 e. The van der Waals surface area contributed by atoms with E-state index < -0.39 is 17.7 Å². The summed E-state index contributed by atoms with van der Waals surface area (Å²) in [6.07, 6.45) is 8.19. The van der Waals surface area contributed by atoms with Gasteiger partial charge in [0.05, 0.1) is 38.4 Å². The maximum atomic E-state index is 13.1. The number of primary amides is 1. The number of aromatic nitrogens is 2. The molecule has 168 valence electrons. The van der Waals surface area contributed by atoms with Crippen LogP contribution in [-0.4, -0.2) is 45.2 Å². The number of hydrogen-bond acceptors (Lipinski definition) is 6. The number of likely N-dealkylation sites (tertiary alicyclic amines) is 1. The number of carbonyl (C=O) groups is 3. The summed E-state index contributed by atoms with van der Waals surface area (Å²) in [6, 6.07) is 1.09. The van der Waals surface area contributed by atoms with Gasteiger partial charge in [0.15, 0.2) is 0 Å². The Morgan fingerprint density at radius 2 is 2.06 bits per heavy atom. The van der Waals surface area contributed by atoms with Crippen LogP contribution in [-0.2, 0) is 9.59 Å². The number of piperidine rings is 1. The van der Waals surface area contributed by atoms with Crippen LogP contribution in [0.4, 0.5) is 5.69 Å². The molecule has 3 N–H and O–H groups in total. The normalized spacial score (nSPS) is 19.7. The van der Waals surface area contributed by atoms with Crippen molar-refractivity contribution in [1.82, 2.24) is 14.9 Å². The van der Waals surface area contributed by atoms with Gasteiger partial charge in [0, 0.05) is 12.7 Å². The van der Waals surface area contributed by atoms with Crippen LogP contribution in [0, 0.1) is 12.8 Å². The van der Waals surface area contributed by atoms with Gasteiger partial charge in [-0.15, -0.1) is 11.3 Å². The van der Waals surface area contributed by atoms with Crippen LogP contribution in [0.1, 0.15) is 42.1 Å². The number of pyridine rings is 1. The van der Waals surface area contributed by atoms with Gasteiger partial charge in [0.25, 0.3) is 0 Å². The molecule has 1 fully saturated rings. The van der Waals surface area contributed by atoms with Gasteiger partial charge in [0.1, 0.15) is 0 Å². The van der Waals surface area contributed by atoms with Crippen LogP contribution in [0.3, 0.4) is 0 Å². The van der Waals surface area contributed by atoms with Crippen molar-refractivity contribution in [2.24, 2.45) is 11.7 Å². The number of carbonyl (C=O) groups excluding carboxylic acids is 3. The van der Waals surface area contributed by atoms with Crippen molar-refractivity contribution in [2.75, 3.05) is 11.9 Å². The van der Waals surface area contributed by atoms with Crippen LogP contribution in [0.5, 0.6) is 0 Å². The molecule has 2 atom stereocenters. The molecule has 0 spiro atoms. The van der Waals surface area contributed by atoms with E-state index in [1.54, 1.807) is 16.2 Å². The Kier molecular flexibility index (Phi) is 7.19. The second-order valence-corrected chi connectivity index (χ2v) is 9.16. The largest absolute Gasteiger partial charge is 0.366 e. The Balaban J connectivity index is 1.83. The third kappa shape index (κ3) is 5.28. The molecule has 0 bridgehead atoms. The minimum atomic E-state index is -0.799. The molecule has 32 heavy (non-hydrogen) atoms. The molecule has 0 radical (unpaired) electrons. The first-order chi connectivity index (χ1) is 15.2. The fourth-order valence-electron chi connectivity index (χ4n) is 3.76. The van der Waals surface area contributed by atoms with Gasteiger partial charge in [0.2, 0.25) is 5.91 Å². The van der Waals surface area contributed by atoms with Crippen molar-refractivity contribution in [2.45, 2.75) is 39.7 Å². The standard InChI is InChI=1S/C23H27N5O3S/c1-5-20-18(26-15(4)32-20)8-14(3)19-7-6-13(2)12-28(19)23(31)22(30)27-17-9-16(21(24)29)10-25-11-17/h5,8-11,13,19H,3,6-7,12H2,1-2,4H3,(H2,24,29)(H,27,30)/b18-8+,20-5+/t13-,19+/m1/s1. The summed E-state index contributed by atoms with van der Waals surface area (Å²) in [6.45, 7) is 10.6. The summed E-state index contributed by atoms with van der Waals surface area (Å²) in [4.78, 5) is 47.2. The van der Waals surface area contributed by atoms with E-state index >= 15 is 0 Å². The summed E-state index contributed by atoms with van der Waals surface area (Å²) in [5, 5.41) is 4.30. The quantitative estimate of drug-likeness (QED) is 0.678. The molecule has 2 aromatic rings. The van der Waals surface area contributed by atoms with Gasteiger partial charge < -0.3 is 16.0 Å². The highest BCUT2D eigenvalue weighted by Crippen LogP contribution is 2.27. The first kappa shape index (κ1) is 23.3. The number of thiazole rings is 1. The molecule has 0 aromatic carbocycles. The average Bonchev–Trinajstić information content (AvgIpc) is 3.12. The third-order valence-electron chi connectivity index (χ3n) is 5.35. The van der Waals surface area contributed by atoms with E-state index in [2.05, 4.69) is 28.8 Å². The molecule has 3 heterocycles. The number of nitrogens with two attached hydrogens (primary N) is 1. The first-order valence-corrected chi connectivity index (χ1v) is 11.2. The summed E-state index contributed by atoms with van der Waals surface area (Å²) in [5.74, 6) is -1.86. The Morgan fingerprint density at radius 1 is 1.31 bits per heavy atom. The Morgan fingerprint density at radius 3 is 2.75 bits per heavy atom. The third-order valence-corrected chi connectivity index (χ3v) is 6.41. The lowest BCUT2D eigenvalue weighted by molar-refractivity contribution is -0.145. The SMILES string of the molecule is C=C(/C=c1/nc(C)s/c1=C/C)[C@@H]1CC[C@@H](C)CN1C(=O)C(=O)Nc1cncc(C(N)=O)c1. The van der Waals surface area contributed by atoms with Crippen molar-refractivity contribution in [3.8, 4) is 0 Å². The molecule has 8 nitrogen and oxygen atoms in total. The number of nitrogens with zero attached hydrogens (tertiary/aromatic N) is 3. The Labute approximate surface area is 190 Å². The molecule has 3 rings (SSSR count). The number of anilines is 1. The lowest BCUT2D eigenvalue weighted by Gasteiger charge is -2.38. The van der Waals surface area contributed by atoms with Crippen molar-refractivity contribution in [3.05, 3.63) is 51.1 Å². The van der Waals surface area contributed by atoms with Gasteiger partial charge in [-0.05, 0) is 50.3 Å². The predicted octanol–water partition coefficient (Wildman–Crippen LogP) is 1.35. The lowest BCUT2D eigenvalue weighted by Crippen LogP contribution is -2.51. The van der Waals surface area contributed by atoms with Crippen molar-refractivity contribution >= 4 is 46.9 Å². The number of aryl methyl sites for hydroxylation is 1. The van der Waals surface area contributed by atoms with E-state index in [4.69, 9.17) is 5.73 Å². The smallest absolute Gasteiger partial charge is 0.313 e. The van der Waals surface area contributed by atoms with E-state index in [0.717, 1.165) is 26.9 Å². The summed E-state index contributed by atoms with van der Waals surface area (Å²) in [5.41, 5.74) is 6.37. The number of hydrogen-bond donors (Lipinski definition) is 2. The van der Waals surface area contributed by atoms with E-state index in [0.29, 0.717) is 13.0 Å². The zero-order valence-electron chi connectivity index (χ0n) is 18.4. The molecule has 0 aliphatic carbocycles. The first-order valence-electron chi connectivity index (χ1n) is 10.4. The Hall–Kier alpha value is -3.33. The van der Waals surface area contributed by atoms with E-state index in [9.17, 15) is 14.4 Å². The van der Waals surface area contributed by atoms with Gasteiger partial charge in [-0.1, -0.05) is 19.6 Å². The number of amides is 3. The van der Waals surface area contributed by atoms with Crippen LogP contribution in [0.15, 0.2) is 30.6 Å². The lowest BCUT2D eigenvalue weighted by atomic mass is 9.90. The van der Waals surface area contributed by atoms with Gasteiger partial charge >= 0.3 is 11.8 Å². The molecule has 0 saturated carbocycles. The average molecular weight is 454 g/mol. The highest BCUT2D eigenvalue weighted by atomic mass is 32.1. The fraction of sp³-hybridized carbons (Fsp3) is 0.348. The molecule has 1 aliphatic rings. The molecule has 9 heteroatoms. The molecular weight excluding hydrogens is 426 g/mol. The predicted molar refractivity (Wildman–Crippen MR) is 125 cm³/mol. The Bertz CT molecular complexity index is 1190. The summed E-state index contributed by atoms with van der Waals surface area (Å²) >= 11 is 1.60. The molecule has 1 aliphatic heterocycles. The van der Waals surface area contributed by atoms with E-state index in [1.165, 1.54) is 18.5 Å². The highest BCUT2D eigenvalue weighted by molar-refractivity contribution is 7.09. The minimum Gasteiger partial charge on any atom is -0.366 e. The molecular formula is C23H27N5O3S. The van der Waals surface area contributed by atoms with Gasteiger partial charge in [-0.3, -0.25) is 19.4 Å². The van der Waals surface area contributed by atoms with Gasteiger partial charge in [-0.25, -0.2) is 4.98 Å². The summed E-state index contributed by atoms with van der Waals surface area (Å²) in [7, 11) is 0. The van der Waals surface area contributed by atoms with Crippen molar-refractivity contribution in [3.63, 3.8) is 0 Å². The second kappa shape index (κ2) is 9.86. The highest BCUT2D eigenvalue weighted by Gasteiger charge is 2.34. The van der Waals surface area contributed by atoms with Crippen LogP contribution in [0.25, 0.3) is 12.2 Å². The topological polar surface area (TPSA) is 118 Å².